The number of nitrogens with zero attached hydrogens (tertiary/aromatic N) is 5. The number of benzene rings is 1. The van der Waals surface area contributed by atoms with Crippen molar-refractivity contribution in [2.24, 2.45) is 0 Å². The molecule has 0 fully saturated rings. The molecule has 0 aliphatic heterocycles. The minimum Gasteiger partial charge on any atom is -0.278 e. The van der Waals surface area contributed by atoms with Gasteiger partial charge < -0.3 is 0 Å². The molecule has 1 aromatic carbocycles. The van der Waals surface area contributed by atoms with Crippen LogP contribution in [0.3, 0.4) is 0 Å². The topological polar surface area (TPSA) is 63.9 Å². The largest absolute Gasteiger partial charge is 0.278 e. The molecule has 148 valence electrons. The molecule has 0 aliphatic rings. The third kappa shape index (κ3) is 3.78. The molecule has 0 spiro atoms. The molecule has 0 aliphatic carbocycles. The van der Waals surface area contributed by atoms with Gasteiger partial charge in [-0.2, -0.15) is 5.10 Å². The Morgan fingerprint density at radius 2 is 2.03 bits per heavy atom. The van der Waals surface area contributed by atoms with Crippen LogP contribution in [0, 0.1) is 13.8 Å². The number of amides is 1. The summed E-state index contributed by atoms with van der Waals surface area (Å²) in [6.07, 6.45) is 5.18. The van der Waals surface area contributed by atoms with Gasteiger partial charge in [0.2, 0.25) is 0 Å². The highest BCUT2D eigenvalue weighted by atomic mass is 32.1. The average Bonchev–Trinajstić information content (AvgIpc) is 3.33. The number of aryl methyl sites for hydroxylation is 2. The number of carbonyl (C=O) groups is 1. The second-order valence-electron chi connectivity index (χ2n) is 7.43. The predicted octanol–water partition coefficient (Wildman–Crippen LogP) is 4.93. The molecule has 0 unspecified atom stereocenters. The van der Waals surface area contributed by atoms with Crippen molar-refractivity contribution in [2.45, 2.75) is 40.3 Å². The molecule has 3 aromatic heterocycles. The summed E-state index contributed by atoms with van der Waals surface area (Å²) in [5, 5.41) is 5.01. The molecule has 6 nitrogen and oxygen atoms in total. The van der Waals surface area contributed by atoms with E-state index in [1.807, 2.05) is 26.0 Å². The lowest BCUT2D eigenvalue weighted by atomic mass is 10.1. The van der Waals surface area contributed by atoms with E-state index in [4.69, 9.17) is 4.98 Å². The van der Waals surface area contributed by atoms with E-state index in [-0.39, 0.29) is 11.9 Å². The summed E-state index contributed by atoms with van der Waals surface area (Å²) in [7, 11) is 0. The summed E-state index contributed by atoms with van der Waals surface area (Å²) in [5.41, 5.74) is 4.74. The molecule has 1 amide bonds. The van der Waals surface area contributed by atoms with Crippen molar-refractivity contribution in [3.63, 3.8) is 0 Å². The fraction of sp³-hybridized carbons (Fsp3) is 0.273. The Labute approximate surface area is 173 Å². The minimum absolute atomic E-state index is 0.0875. The number of hydrogen-bond donors (Lipinski definition) is 0. The van der Waals surface area contributed by atoms with Gasteiger partial charge in [-0.25, -0.2) is 4.98 Å². The summed E-state index contributed by atoms with van der Waals surface area (Å²) in [4.78, 5) is 24.3. The minimum atomic E-state index is -0.117. The number of thiazole rings is 1. The fourth-order valence-electron chi connectivity index (χ4n) is 3.41. The van der Waals surface area contributed by atoms with E-state index >= 15 is 0 Å². The molecule has 4 rings (SSSR count). The lowest BCUT2D eigenvalue weighted by Gasteiger charge is -2.21. The van der Waals surface area contributed by atoms with E-state index in [1.54, 1.807) is 34.2 Å². The van der Waals surface area contributed by atoms with Gasteiger partial charge in [0.1, 0.15) is 5.69 Å². The van der Waals surface area contributed by atoms with E-state index in [0.717, 1.165) is 21.3 Å². The van der Waals surface area contributed by atoms with Crippen LogP contribution < -0.4 is 4.90 Å². The Balaban J connectivity index is 1.81. The number of aromatic nitrogens is 4. The van der Waals surface area contributed by atoms with Crippen LogP contribution in [0.25, 0.3) is 10.2 Å². The first-order valence-electron chi connectivity index (χ1n) is 9.56. The molecule has 7 heteroatoms. The highest BCUT2D eigenvalue weighted by Crippen LogP contribution is 2.33. The Morgan fingerprint density at radius 1 is 1.21 bits per heavy atom. The van der Waals surface area contributed by atoms with Crippen LogP contribution in [-0.4, -0.2) is 25.7 Å². The van der Waals surface area contributed by atoms with Crippen LogP contribution >= 0.6 is 11.3 Å². The van der Waals surface area contributed by atoms with E-state index in [0.29, 0.717) is 17.4 Å². The second-order valence-corrected chi connectivity index (χ2v) is 8.44. The normalized spacial score (nSPS) is 11.3. The van der Waals surface area contributed by atoms with Gasteiger partial charge in [0, 0.05) is 24.6 Å². The maximum absolute atomic E-state index is 13.6. The summed E-state index contributed by atoms with van der Waals surface area (Å²) < 4.78 is 2.83. The molecule has 0 saturated heterocycles. The van der Waals surface area contributed by atoms with Gasteiger partial charge in [0.05, 0.1) is 16.8 Å². The summed E-state index contributed by atoms with van der Waals surface area (Å²) in [5.74, 6) is -0.117. The van der Waals surface area contributed by atoms with E-state index in [1.165, 1.54) is 16.9 Å². The lowest BCUT2D eigenvalue weighted by molar-refractivity contribution is 0.0973. The Bertz CT molecular complexity index is 1160. The Kier molecular flexibility index (Phi) is 5.15. The van der Waals surface area contributed by atoms with Gasteiger partial charge in [-0.15, -0.1) is 0 Å². The number of anilines is 1. The highest BCUT2D eigenvalue weighted by molar-refractivity contribution is 7.22. The molecule has 0 N–H and O–H groups in total. The molecule has 29 heavy (non-hydrogen) atoms. The van der Waals surface area contributed by atoms with Crippen molar-refractivity contribution >= 4 is 32.6 Å². The zero-order chi connectivity index (χ0) is 20.5. The van der Waals surface area contributed by atoms with Crippen LogP contribution in [-0.2, 0) is 6.54 Å². The molecular formula is C22H23N5OS. The van der Waals surface area contributed by atoms with Crippen LogP contribution in [0.15, 0.2) is 48.9 Å². The molecule has 3 heterocycles. The lowest BCUT2D eigenvalue weighted by Crippen LogP contribution is -2.32. The van der Waals surface area contributed by atoms with Gasteiger partial charge in [-0.1, -0.05) is 23.5 Å². The van der Waals surface area contributed by atoms with E-state index in [9.17, 15) is 4.79 Å². The number of hydrogen-bond acceptors (Lipinski definition) is 5. The number of pyridine rings is 1. The molecule has 0 saturated carbocycles. The monoisotopic (exact) mass is 405 g/mol. The Hall–Kier alpha value is -3.06. The zero-order valence-corrected chi connectivity index (χ0v) is 17.8. The van der Waals surface area contributed by atoms with Crippen molar-refractivity contribution in [1.29, 1.82) is 0 Å². The summed E-state index contributed by atoms with van der Waals surface area (Å²) >= 11 is 1.54. The first-order chi connectivity index (χ1) is 13.9. The maximum atomic E-state index is 13.6. The van der Waals surface area contributed by atoms with Crippen molar-refractivity contribution in [2.75, 3.05) is 4.90 Å². The summed E-state index contributed by atoms with van der Waals surface area (Å²) in [6.45, 7) is 8.55. The van der Waals surface area contributed by atoms with Crippen molar-refractivity contribution in [3.8, 4) is 0 Å². The Morgan fingerprint density at radius 3 is 2.76 bits per heavy atom. The van der Waals surface area contributed by atoms with Crippen molar-refractivity contribution in [3.05, 3.63) is 71.3 Å². The van der Waals surface area contributed by atoms with Gasteiger partial charge in [-0.05, 0) is 62.6 Å². The van der Waals surface area contributed by atoms with Crippen LogP contribution in [0.2, 0.25) is 0 Å². The van der Waals surface area contributed by atoms with E-state index < -0.39 is 0 Å². The van der Waals surface area contributed by atoms with Gasteiger partial charge in [0.25, 0.3) is 5.91 Å². The summed E-state index contributed by atoms with van der Waals surface area (Å²) in [6, 6.07) is 9.94. The van der Waals surface area contributed by atoms with Gasteiger partial charge in [0.15, 0.2) is 5.13 Å². The zero-order valence-electron chi connectivity index (χ0n) is 17.0. The molecule has 0 bridgehead atoms. The first-order valence-corrected chi connectivity index (χ1v) is 10.4. The number of rotatable bonds is 5. The van der Waals surface area contributed by atoms with Crippen LogP contribution in [0.1, 0.15) is 47.1 Å². The van der Waals surface area contributed by atoms with Crippen LogP contribution in [0.4, 0.5) is 5.13 Å². The SMILES string of the molecule is Cc1cc(C)c2nc(N(Cc3cccnc3)C(=O)c3ccnn3C(C)C)sc2c1. The fourth-order valence-corrected chi connectivity index (χ4v) is 4.55. The van der Waals surface area contributed by atoms with Crippen molar-refractivity contribution in [1.82, 2.24) is 19.7 Å². The third-order valence-corrected chi connectivity index (χ3v) is 5.76. The smallest absolute Gasteiger partial charge is 0.278 e. The standard InChI is InChI=1S/C22H23N5OS/c1-14(2)27-18(7-9-24-27)21(28)26(13-17-6-5-8-23-12-17)22-25-20-16(4)10-15(3)11-19(20)29-22/h5-12,14H,13H2,1-4H3. The molecule has 4 aromatic rings. The average molecular weight is 406 g/mol. The highest BCUT2D eigenvalue weighted by Gasteiger charge is 2.25. The second kappa shape index (κ2) is 7.75. The number of fused-ring (bicyclic) bond motifs is 1. The number of carbonyl (C=O) groups excluding carboxylic acids is 1. The van der Waals surface area contributed by atoms with Crippen LogP contribution in [0.5, 0.6) is 0 Å². The maximum Gasteiger partial charge on any atom is 0.278 e. The molecule has 0 atom stereocenters. The van der Waals surface area contributed by atoms with E-state index in [2.05, 4.69) is 36.1 Å². The molecular weight excluding hydrogens is 382 g/mol. The predicted molar refractivity (Wildman–Crippen MR) is 116 cm³/mol. The van der Waals surface area contributed by atoms with Gasteiger partial charge >= 0.3 is 0 Å². The first kappa shape index (κ1) is 19.3. The quantitative estimate of drug-likeness (QED) is 0.472. The van der Waals surface area contributed by atoms with Crippen molar-refractivity contribution < 1.29 is 4.79 Å². The molecule has 0 radical (unpaired) electrons. The third-order valence-electron chi connectivity index (χ3n) is 4.74. The van der Waals surface area contributed by atoms with Gasteiger partial charge in [-0.3, -0.25) is 19.4 Å².